The molecule has 1 amide bonds. The lowest BCUT2D eigenvalue weighted by Gasteiger charge is -2.22. The lowest BCUT2D eigenvalue weighted by Crippen LogP contribution is -2.37. The van der Waals surface area contributed by atoms with E-state index >= 15 is 0 Å². The van der Waals surface area contributed by atoms with Crippen LogP contribution in [0.25, 0.3) is 10.2 Å². The Hall–Kier alpha value is -1.90. The van der Waals surface area contributed by atoms with Crippen LogP contribution in [-0.2, 0) is 4.74 Å². The number of nitrogens with zero attached hydrogens (tertiary/aromatic N) is 2. The molecule has 2 aromatic heterocycles. The van der Waals surface area contributed by atoms with Crippen LogP contribution in [0.1, 0.15) is 23.4 Å². The summed E-state index contributed by atoms with van der Waals surface area (Å²) in [6, 6.07) is 9.08. The van der Waals surface area contributed by atoms with E-state index < -0.39 is 0 Å². The van der Waals surface area contributed by atoms with Crippen molar-refractivity contribution < 1.29 is 18.7 Å². The van der Waals surface area contributed by atoms with Gasteiger partial charge in [0.15, 0.2) is 15.6 Å². The van der Waals surface area contributed by atoms with Crippen molar-refractivity contribution in [3.05, 3.63) is 40.8 Å². The summed E-state index contributed by atoms with van der Waals surface area (Å²) in [4.78, 5) is 19.3. The fraction of sp³-hybridized carbons (Fsp3) is 0.333. The first-order valence-corrected chi connectivity index (χ1v) is 9.88. The van der Waals surface area contributed by atoms with Crippen molar-refractivity contribution in [3.8, 4) is 5.75 Å². The summed E-state index contributed by atoms with van der Waals surface area (Å²) in [7, 11) is 1.62. The summed E-state index contributed by atoms with van der Waals surface area (Å²) >= 11 is 4.72. The maximum atomic E-state index is 13.0. The van der Waals surface area contributed by atoms with E-state index in [9.17, 15) is 4.79 Å². The molecule has 1 saturated heterocycles. The van der Waals surface area contributed by atoms with Crippen molar-refractivity contribution >= 4 is 48.5 Å². The van der Waals surface area contributed by atoms with Crippen molar-refractivity contribution in [1.82, 2.24) is 4.98 Å². The van der Waals surface area contributed by atoms with Crippen LogP contribution >= 0.6 is 27.3 Å². The van der Waals surface area contributed by atoms with Crippen LogP contribution in [0.4, 0.5) is 5.13 Å². The number of ether oxygens (including phenoxy) is 2. The highest BCUT2D eigenvalue weighted by Crippen LogP contribution is 2.33. The Bertz CT molecular complexity index is 932. The van der Waals surface area contributed by atoms with E-state index in [0.717, 1.165) is 35.4 Å². The Labute approximate surface area is 162 Å². The third-order valence-corrected chi connectivity index (χ3v) is 5.74. The number of furan rings is 1. The Morgan fingerprint density at radius 3 is 3.00 bits per heavy atom. The quantitative estimate of drug-likeness (QED) is 0.589. The molecular weight excluding hydrogens is 420 g/mol. The molecular formula is C18H17BrN2O4S. The molecule has 0 saturated carbocycles. The van der Waals surface area contributed by atoms with Gasteiger partial charge in [-0.3, -0.25) is 9.69 Å². The number of carbonyl (C=O) groups is 1. The first kappa shape index (κ1) is 17.5. The Morgan fingerprint density at radius 1 is 1.42 bits per heavy atom. The van der Waals surface area contributed by atoms with Crippen LogP contribution in [0.15, 0.2) is 39.4 Å². The molecule has 1 fully saturated rings. The van der Waals surface area contributed by atoms with Gasteiger partial charge in [0.1, 0.15) is 5.75 Å². The molecule has 3 aromatic rings. The van der Waals surface area contributed by atoms with E-state index in [1.807, 2.05) is 18.2 Å². The summed E-state index contributed by atoms with van der Waals surface area (Å²) in [5.74, 6) is 0.783. The predicted octanol–water partition coefficient (Wildman–Crippen LogP) is 4.49. The number of hydrogen-bond acceptors (Lipinski definition) is 6. The van der Waals surface area contributed by atoms with Crippen molar-refractivity contribution in [3.63, 3.8) is 0 Å². The molecule has 0 radical (unpaired) electrons. The molecule has 0 spiro atoms. The van der Waals surface area contributed by atoms with Crippen molar-refractivity contribution in [2.24, 2.45) is 0 Å². The van der Waals surface area contributed by atoms with Gasteiger partial charge in [-0.25, -0.2) is 4.98 Å². The van der Waals surface area contributed by atoms with Crippen molar-refractivity contribution in [2.45, 2.75) is 18.9 Å². The summed E-state index contributed by atoms with van der Waals surface area (Å²) < 4.78 is 18.0. The smallest absolute Gasteiger partial charge is 0.295 e. The van der Waals surface area contributed by atoms with Gasteiger partial charge in [0.25, 0.3) is 5.91 Å². The second kappa shape index (κ2) is 7.38. The average molecular weight is 437 g/mol. The number of carbonyl (C=O) groups excluding carboxylic acids is 1. The highest BCUT2D eigenvalue weighted by Gasteiger charge is 2.28. The number of hydrogen-bond donors (Lipinski definition) is 0. The van der Waals surface area contributed by atoms with Crippen LogP contribution in [-0.4, -0.2) is 37.3 Å². The average Bonchev–Trinajstić information content (AvgIpc) is 3.38. The molecule has 1 aliphatic heterocycles. The molecule has 1 atom stereocenters. The molecule has 136 valence electrons. The number of rotatable bonds is 5. The van der Waals surface area contributed by atoms with E-state index in [-0.39, 0.29) is 17.8 Å². The topological polar surface area (TPSA) is 64.8 Å². The van der Waals surface area contributed by atoms with Gasteiger partial charge in [-0.05, 0) is 53.0 Å². The van der Waals surface area contributed by atoms with E-state index in [0.29, 0.717) is 16.3 Å². The van der Waals surface area contributed by atoms with E-state index in [1.54, 1.807) is 24.1 Å². The largest absolute Gasteiger partial charge is 0.497 e. The van der Waals surface area contributed by atoms with Gasteiger partial charge in [0.05, 0.1) is 30.0 Å². The maximum absolute atomic E-state index is 13.0. The number of halogens is 1. The molecule has 0 N–H and O–H groups in total. The minimum atomic E-state index is -0.225. The summed E-state index contributed by atoms with van der Waals surface area (Å²) in [6.07, 6.45) is 1.96. The number of amides is 1. The highest BCUT2D eigenvalue weighted by molar-refractivity contribution is 9.10. The number of anilines is 1. The second-order valence-corrected chi connectivity index (χ2v) is 7.78. The minimum absolute atomic E-state index is 0.0129. The van der Waals surface area contributed by atoms with Gasteiger partial charge >= 0.3 is 0 Å². The number of benzene rings is 1. The van der Waals surface area contributed by atoms with Crippen LogP contribution in [0.3, 0.4) is 0 Å². The molecule has 6 nitrogen and oxygen atoms in total. The molecule has 1 aromatic carbocycles. The molecule has 0 aliphatic carbocycles. The molecule has 8 heteroatoms. The Balaban J connectivity index is 1.70. The molecule has 26 heavy (non-hydrogen) atoms. The van der Waals surface area contributed by atoms with Gasteiger partial charge in [-0.1, -0.05) is 11.3 Å². The fourth-order valence-corrected chi connectivity index (χ4v) is 4.20. The standard InChI is InChI=1S/C18H17BrN2O4S/c1-23-11-4-6-15-13(9-11)20-18(26-15)21(10-12-3-2-8-24-12)17(22)14-5-7-16(19)25-14/h4-7,9,12H,2-3,8,10H2,1H3. The minimum Gasteiger partial charge on any atom is -0.497 e. The Kier molecular flexibility index (Phi) is 4.97. The zero-order chi connectivity index (χ0) is 18.1. The predicted molar refractivity (Wildman–Crippen MR) is 103 cm³/mol. The zero-order valence-corrected chi connectivity index (χ0v) is 16.5. The monoisotopic (exact) mass is 436 g/mol. The SMILES string of the molecule is COc1ccc2sc(N(CC3CCCO3)C(=O)c3ccc(Br)o3)nc2c1. The lowest BCUT2D eigenvalue weighted by molar-refractivity contribution is 0.0894. The van der Waals surface area contributed by atoms with Crippen LogP contribution in [0, 0.1) is 0 Å². The normalized spacial score (nSPS) is 16.9. The van der Waals surface area contributed by atoms with Crippen LogP contribution in [0.2, 0.25) is 0 Å². The second-order valence-electron chi connectivity index (χ2n) is 5.98. The van der Waals surface area contributed by atoms with Crippen LogP contribution < -0.4 is 9.64 Å². The summed E-state index contributed by atoms with van der Waals surface area (Å²) in [6.45, 7) is 1.18. The summed E-state index contributed by atoms with van der Waals surface area (Å²) in [5.41, 5.74) is 0.801. The molecule has 0 bridgehead atoms. The maximum Gasteiger partial charge on any atom is 0.295 e. The highest BCUT2D eigenvalue weighted by atomic mass is 79.9. The Morgan fingerprint density at radius 2 is 2.31 bits per heavy atom. The van der Waals surface area contributed by atoms with Gasteiger partial charge in [0.2, 0.25) is 0 Å². The molecule has 1 unspecified atom stereocenters. The molecule has 3 heterocycles. The fourth-order valence-electron chi connectivity index (χ4n) is 2.94. The van der Waals surface area contributed by atoms with Gasteiger partial charge in [-0.2, -0.15) is 0 Å². The van der Waals surface area contributed by atoms with E-state index in [2.05, 4.69) is 20.9 Å². The molecule has 4 rings (SSSR count). The molecule has 1 aliphatic rings. The number of methoxy groups -OCH3 is 1. The first-order chi connectivity index (χ1) is 12.6. The first-order valence-electron chi connectivity index (χ1n) is 8.27. The van der Waals surface area contributed by atoms with Crippen molar-refractivity contribution in [1.29, 1.82) is 0 Å². The summed E-state index contributed by atoms with van der Waals surface area (Å²) in [5, 5.41) is 0.626. The van der Waals surface area contributed by atoms with Gasteiger partial charge in [0, 0.05) is 12.7 Å². The third kappa shape index (κ3) is 3.49. The van der Waals surface area contributed by atoms with E-state index in [1.165, 1.54) is 11.3 Å². The zero-order valence-electron chi connectivity index (χ0n) is 14.1. The van der Waals surface area contributed by atoms with Crippen molar-refractivity contribution in [2.75, 3.05) is 25.2 Å². The van der Waals surface area contributed by atoms with Gasteiger partial charge < -0.3 is 13.9 Å². The lowest BCUT2D eigenvalue weighted by atomic mass is 10.2. The number of thiazole rings is 1. The number of aromatic nitrogens is 1. The van der Waals surface area contributed by atoms with E-state index in [4.69, 9.17) is 13.9 Å². The third-order valence-electron chi connectivity index (χ3n) is 4.25. The van der Waals surface area contributed by atoms with Crippen LogP contribution in [0.5, 0.6) is 5.75 Å². The van der Waals surface area contributed by atoms with Gasteiger partial charge in [-0.15, -0.1) is 0 Å². The number of fused-ring (bicyclic) bond motifs is 1.